The van der Waals surface area contributed by atoms with E-state index in [0.717, 1.165) is 29.7 Å². The van der Waals surface area contributed by atoms with Crippen LogP contribution in [0.5, 0.6) is 11.5 Å². The Morgan fingerprint density at radius 2 is 1.93 bits per heavy atom. The summed E-state index contributed by atoms with van der Waals surface area (Å²) in [6, 6.07) is 4.65. The van der Waals surface area contributed by atoms with E-state index in [0.29, 0.717) is 40.8 Å². The number of methoxy groups -OCH3 is 2. The Morgan fingerprint density at radius 1 is 1.18 bits per heavy atom. The molecular formula is C31H37FN6O6S. The highest BCUT2D eigenvalue weighted by Crippen LogP contribution is 2.40. The second kappa shape index (κ2) is 13.3. The van der Waals surface area contributed by atoms with Crippen molar-refractivity contribution in [2.24, 2.45) is 0 Å². The van der Waals surface area contributed by atoms with Crippen LogP contribution in [0.4, 0.5) is 20.1 Å². The normalized spacial score (nSPS) is 17.8. The van der Waals surface area contributed by atoms with Crippen LogP contribution in [-0.4, -0.2) is 65.2 Å². The SMILES string of the molecule is COc1ccc(CN2Cc3c(F)c(NC4CCCC[C@@H]4NC(=O)OC(C)(C)C)nc(-c4cnc(NC=O)s4)c3C2=O)c(OC)c1. The third-order valence-electron chi connectivity index (χ3n) is 7.65. The zero-order valence-corrected chi connectivity index (χ0v) is 26.7. The van der Waals surface area contributed by atoms with Gasteiger partial charge in [-0.05, 0) is 45.7 Å². The summed E-state index contributed by atoms with van der Waals surface area (Å²) < 4.78 is 32.6. The lowest BCUT2D eigenvalue weighted by Crippen LogP contribution is -2.50. The number of aromatic nitrogens is 2. The second-order valence-corrected chi connectivity index (χ2v) is 12.9. The lowest BCUT2D eigenvalue weighted by molar-refractivity contribution is -0.105. The molecule has 1 aromatic carbocycles. The number of fused-ring (bicyclic) bond motifs is 1. The van der Waals surface area contributed by atoms with E-state index < -0.39 is 23.4 Å². The van der Waals surface area contributed by atoms with Crippen LogP contribution in [0.3, 0.4) is 0 Å². The van der Waals surface area contributed by atoms with Crippen molar-refractivity contribution >= 4 is 40.7 Å². The summed E-state index contributed by atoms with van der Waals surface area (Å²) in [6.07, 6.45) is 4.60. The maximum atomic E-state index is 16.4. The minimum Gasteiger partial charge on any atom is -0.497 e. The van der Waals surface area contributed by atoms with Gasteiger partial charge in [0.2, 0.25) is 6.41 Å². The summed E-state index contributed by atoms with van der Waals surface area (Å²) >= 11 is 1.12. The number of thiazole rings is 1. The summed E-state index contributed by atoms with van der Waals surface area (Å²) in [4.78, 5) is 48.4. The number of rotatable bonds is 10. The van der Waals surface area contributed by atoms with Gasteiger partial charge in [0.1, 0.15) is 17.1 Å². The van der Waals surface area contributed by atoms with Crippen molar-refractivity contribution in [3.63, 3.8) is 0 Å². The Morgan fingerprint density at radius 3 is 2.62 bits per heavy atom. The third kappa shape index (κ3) is 7.11. The van der Waals surface area contributed by atoms with Crippen LogP contribution < -0.4 is 25.4 Å². The first-order valence-electron chi connectivity index (χ1n) is 14.7. The Balaban J connectivity index is 1.49. The topological polar surface area (TPSA) is 144 Å². The molecule has 0 bridgehead atoms. The molecule has 3 N–H and O–H groups in total. The van der Waals surface area contributed by atoms with E-state index in [4.69, 9.17) is 14.2 Å². The number of carbonyl (C=O) groups is 3. The first kappa shape index (κ1) is 31.9. The zero-order chi connectivity index (χ0) is 32.3. The Hall–Kier alpha value is -4.46. The molecule has 3 amide bonds. The number of halogens is 1. The molecule has 0 radical (unpaired) electrons. The number of alkyl carbamates (subject to hydrolysis) is 1. The molecule has 240 valence electrons. The number of carbonyl (C=O) groups excluding carboxylic acids is 3. The van der Waals surface area contributed by atoms with Crippen molar-refractivity contribution in [3.8, 4) is 22.1 Å². The molecule has 1 aliphatic heterocycles. The van der Waals surface area contributed by atoms with Gasteiger partial charge in [0.25, 0.3) is 5.91 Å². The molecule has 1 fully saturated rings. The Bertz CT molecular complexity index is 1590. The average Bonchev–Trinajstić information content (AvgIpc) is 3.59. The molecule has 1 aliphatic carbocycles. The van der Waals surface area contributed by atoms with Gasteiger partial charge in [-0.15, -0.1) is 0 Å². The number of hydrogen-bond donors (Lipinski definition) is 3. The predicted molar refractivity (Wildman–Crippen MR) is 167 cm³/mol. The number of benzene rings is 1. The summed E-state index contributed by atoms with van der Waals surface area (Å²) in [7, 11) is 3.08. The molecule has 2 atom stereocenters. The predicted octanol–water partition coefficient (Wildman–Crippen LogP) is 5.33. The van der Waals surface area contributed by atoms with E-state index in [-0.39, 0.29) is 47.8 Å². The van der Waals surface area contributed by atoms with Crippen LogP contribution in [0.15, 0.2) is 24.4 Å². The monoisotopic (exact) mass is 640 g/mol. The van der Waals surface area contributed by atoms with Crippen LogP contribution in [0, 0.1) is 5.82 Å². The van der Waals surface area contributed by atoms with Crippen LogP contribution in [0.1, 0.15) is 67.9 Å². The molecule has 0 spiro atoms. The molecule has 12 nitrogen and oxygen atoms in total. The maximum absolute atomic E-state index is 16.4. The van der Waals surface area contributed by atoms with Crippen LogP contribution in [-0.2, 0) is 22.6 Å². The van der Waals surface area contributed by atoms with Crippen molar-refractivity contribution in [1.29, 1.82) is 0 Å². The standard InChI is InChI=1S/C31H37FN6O6S/c1-31(2,3)44-30(41)36-21-9-7-6-8-20(21)35-27-25(32)19-15-38(14-17-10-11-18(42-4)12-22(17)43-5)28(40)24(19)26(37-27)23-13-33-29(45-23)34-16-39/h10-13,16,20-21H,6-9,14-15H2,1-5H3,(H,35,37)(H,36,41)(H,33,34,39)/t20?,21-/m0/s1. The van der Waals surface area contributed by atoms with E-state index in [1.807, 2.05) is 0 Å². The van der Waals surface area contributed by atoms with Gasteiger partial charge >= 0.3 is 6.09 Å². The quantitative estimate of drug-likeness (QED) is 0.250. The van der Waals surface area contributed by atoms with Gasteiger partial charge in [-0.25, -0.2) is 19.2 Å². The first-order valence-corrected chi connectivity index (χ1v) is 15.5. The van der Waals surface area contributed by atoms with Crippen molar-refractivity contribution in [3.05, 3.63) is 46.9 Å². The third-order valence-corrected chi connectivity index (χ3v) is 8.59. The molecule has 1 saturated carbocycles. The fraction of sp³-hybridized carbons (Fsp3) is 0.452. The van der Waals surface area contributed by atoms with E-state index in [1.165, 1.54) is 18.2 Å². The van der Waals surface area contributed by atoms with E-state index in [1.54, 1.807) is 46.1 Å². The molecule has 3 aromatic rings. The number of nitrogens with zero attached hydrogens (tertiary/aromatic N) is 3. The number of hydrogen-bond acceptors (Lipinski definition) is 10. The largest absolute Gasteiger partial charge is 0.497 e. The van der Waals surface area contributed by atoms with Gasteiger partial charge in [-0.1, -0.05) is 24.2 Å². The second-order valence-electron chi connectivity index (χ2n) is 11.9. The molecule has 5 rings (SSSR count). The van der Waals surface area contributed by atoms with E-state index in [2.05, 4.69) is 25.9 Å². The molecule has 45 heavy (non-hydrogen) atoms. The van der Waals surface area contributed by atoms with Crippen LogP contribution in [0.2, 0.25) is 0 Å². The Kier molecular flexibility index (Phi) is 9.42. The summed E-state index contributed by atoms with van der Waals surface area (Å²) in [5.41, 5.74) is 0.656. The fourth-order valence-electron chi connectivity index (χ4n) is 5.61. The molecular weight excluding hydrogens is 603 g/mol. The molecule has 14 heteroatoms. The van der Waals surface area contributed by atoms with Crippen molar-refractivity contribution in [1.82, 2.24) is 20.2 Å². The lowest BCUT2D eigenvalue weighted by Gasteiger charge is -2.34. The van der Waals surface area contributed by atoms with E-state index >= 15 is 4.39 Å². The van der Waals surface area contributed by atoms with Crippen LogP contribution >= 0.6 is 11.3 Å². The lowest BCUT2D eigenvalue weighted by atomic mass is 9.90. The molecule has 2 aliphatic rings. The molecule has 0 saturated heterocycles. The highest BCUT2D eigenvalue weighted by Gasteiger charge is 2.38. The minimum absolute atomic E-state index is 0.00187. The van der Waals surface area contributed by atoms with Gasteiger partial charge in [-0.2, -0.15) is 0 Å². The Labute approximate surface area is 264 Å². The van der Waals surface area contributed by atoms with Gasteiger partial charge in [0.05, 0.1) is 42.9 Å². The number of pyridine rings is 1. The smallest absolute Gasteiger partial charge is 0.407 e. The van der Waals surface area contributed by atoms with E-state index in [9.17, 15) is 14.4 Å². The number of nitrogens with one attached hydrogen (secondary N) is 3. The molecule has 3 heterocycles. The summed E-state index contributed by atoms with van der Waals surface area (Å²) in [5.74, 6) is 0.0839. The van der Waals surface area contributed by atoms with Gasteiger partial charge in [0, 0.05) is 36.0 Å². The average molecular weight is 641 g/mol. The molecule has 1 unspecified atom stereocenters. The summed E-state index contributed by atoms with van der Waals surface area (Å²) in [5, 5.41) is 9.00. The highest BCUT2D eigenvalue weighted by atomic mass is 32.1. The van der Waals surface area contributed by atoms with Crippen LogP contribution in [0.25, 0.3) is 10.6 Å². The van der Waals surface area contributed by atoms with Gasteiger partial charge in [-0.3, -0.25) is 9.59 Å². The first-order chi connectivity index (χ1) is 21.5. The fourth-order valence-corrected chi connectivity index (χ4v) is 6.38. The molecule has 2 aromatic heterocycles. The van der Waals surface area contributed by atoms with Crippen molar-refractivity contribution in [2.45, 2.75) is 77.2 Å². The van der Waals surface area contributed by atoms with Crippen molar-refractivity contribution in [2.75, 3.05) is 24.9 Å². The van der Waals surface area contributed by atoms with Gasteiger partial charge < -0.3 is 35.1 Å². The van der Waals surface area contributed by atoms with Crippen molar-refractivity contribution < 1.29 is 33.0 Å². The van der Waals surface area contributed by atoms with Gasteiger partial charge in [0.15, 0.2) is 16.8 Å². The highest BCUT2D eigenvalue weighted by molar-refractivity contribution is 7.19. The summed E-state index contributed by atoms with van der Waals surface area (Å²) in [6.45, 7) is 5.54. The number of amides is 3. The number of ether oxygens (including phenoxy) is 3. The zero-order valence-electron chi connectivity index (χ0n) is 25.9. The minimum atomic E-state index is -0.662. The maximum Gasteiger partial charge on any atom is 0.407 e. The number of anilines is 2.